The lowest BCUT2D eigenvalue weighted by molar-refractivity contribution is -0.113. The number of ketones is 2. The second-order valence-corrected chi connectivity index (χ2v) is 14.3. The van der Waals surface area contributed by atoms with Crippen molar-refractivity contribution in [2.24, 2.45) is 11.8 Å². The molecular weight excluding hydrogens is 684 g/mol. The van der Waals surface area contributed by atoms with Crippen LogP contribution in [0, 0.1) is 25.7 Å². The molecule has 10 nitrogen and oxygen atoms in total. The van der Waals surface area contributed by atoms with Gasteiger partial charge in [-0.1, -0.05) is 39.8 Å². The van der Waals surface area contributed by atoms with Gasteiger partial charge in [-0.2, -0.15) is 0 Å². The zero-order valence-electron chi connectivity index (χ0n) is 31.5. The van der Waals surface area contributed by atoms with E-state index < -0.39 is 17.3 Å². The Hall–Kier alpha value is -6.42. The highest BCUT2D eigenvalue weighted by Gasteiger charge is 2.39. The number of phenols is 3. The van der Waals surface area contributed by atoms with Crippen molar-refractivity contribution in [3.8, 4) is 34.1 Å². The monoisotopic (exact) mass is 728 g/mol. The molecule has 0 saturated carbocycles. The number of rotatable bonds is 8. The van der Waals surface area contributed by atoms with Gasteiger partial charge < -0.3 is 40.5 Å². The molecule has 278 valence electrons. The van der Waals surface area contributed by atoms with Gasteiger partial charge >= 0.3 is 0 Å². The third-order valence-electron chi connectivity index (χ3n) is 9.96. The number of methoxy groups -OCH3 is 1. The molecule has 2 aliphatic carbocycles. The highest BCUT2D eigenvalue weighted by Crippen LogP contribution is 2.54. The van der Waals surface area contributed by atoms with Crippen LogP contribution in [-0.4, -0.2) is 51.3 Å². The van der Waals surface area contributed by atoms with Gasteiger partial charge in [-0.25, -0.2) is 0 Å². The number of aliphatic hydroxyl groups is 2. The smallest absolute Gasteiger partial charge is 0.229 e. The number of fused-ring (bicyclic) bond motifs is 2. The van der Waals surface area contributed by atoms with Crippen molar-refractivity contribution >= 4 is 45.2 Å². The Bertz CT molecular complexity index is 2340. The van der Waals surface area contributed by atoms with Gasteiger partial charge in [0.25, 0.3) is 0 Å². The van der Waals surface area contributed by atoms with Gasteiger partial charge in [0.05, 0.1) is 18.3 Å². The molecule has 0 unspecified atom stereocenters. The van der Waals surface area contributed by atoms with Gasteiger partial charge in [-0.15, -0.1) is 0 Å². The standard InChI is InChI=1S/C44H44N2O8/c1-21(2)33-29-17-23(5)35(41(51)37(29)31(39(49)42(33)52)19-45-25-9-13-27(47)14-10-25)36-24(6)18-30-34(22(3)4)43(53)40(50)32(38(30)44(36)54-8)20-46(7)26-11-15-28(48)16-12-26/h9-22,45,47-48,51-53H,1-8H3/b31-19-,32-20+. The number of nitrogens with zero attached hydrogens (tertiary/aromatic N) is 1. The number of aromatic hydroxyl groups is 3. The Morgan fingerprint density at radius 1 is 0.667 bits per heavy atom. The molecule has 0 heterocycles. The third-order valence-corrected chi connectivity index (χ3v) is 9.96. The lowest BCUT2D eigenvalue weighted by Gasteiger charge is -2.31. The molecule has 0 bridgehead atoms. The number of nitrogens with one attached hydrogen (secondary N) is 1. The van der Waals surface area contributed by atoms with Crippen molar-refractivity contribution in [1.82, 2.24) is 0 Å². The molecular formula is C44H44N2O8. The van der Waals surface area contributed by atoms with Gasteiger partial charge in [0.2, 0.25) is 11.6 Å². The zero-order valence-corrected chi connectivity index (χ0v) is 31.5. The fourth-order valence-electron chi connectivity index (χ4n) is 7.46. The average molecular weight is 729 g/mol. The lowest BCUT2D eigenvalue weighted by Crippen LogP contribution is -2.22. The summed E-state index contributed by atoms with van der Waals surface area (Å²) >= 11 is 0. The first-order valence-corrected chi connectivity index (χ1v) is 17.6. The fraction of sp³-hybridized carbons (Fsp3) is 0.227. The molecule has 0 saturated heterocycles. The summed E-state index contributed by atoms with van der Waals surface area (Å²) in [5.74, 6) is -2.36. The summed E-state index contributed by atoms with van der Waals surface area (Å²) in [6.45, 7) is 11.2. The second-order valence-electron chi connectivity index (χ2n) is 14.3. The van der Waals surface area contributed by atoms with Crippen LogP contribution in [0.5, 0.6) is 23.0 Å². The summed E-state index contributed by atoms with van der Waals surface area (Å²) in [4.78, 5) is 29.7. The molecule has 4 aromatic carbocycles. The summed E-state index contributed by atoms with van der Waals surface area (Å²) in [6.07, 6.45) is 3.04. The minimum Gasteiger partial charge on any atom is -0.508 e. The van der Waals surface area contributed by atoms with Gasteiger partial charge in [-0.05, 0) is 96.5 Å². The number of ether oxygens (including phenoxy) is 1. The first-order valence-electron chi connectivity index (χ1n) is 17.6. The Balaban J connectivity index is 1.66. The van der Waals surface area contributed by atoms with Crippen LogP contribution in [0.1, 0.15) is 61.1 Å². The van der Waals surface area contributed by atoms with E-state index in [-0.39, 0.29) is 57.3 Å². The molecule has 4 aromatic rings. The second kappa shape index (κ2) is 14.2. The normalized spacial score (nSPS) is 15.7. The van der Waals surface area contributed by atoms with Crippen LogP contribution in [0.15, 0.2) is 84.6 Å². The summed E-state index contributed by atoms with van der Waals surface area (Å²) in [5.41, 5.74) is 6.13. The van der Waals surface area contributed by atoms with Gasteiger partial charge in [-0.3, -0.25) is 9.59 Å². The highest BCUT2D eigenvalue weighted by atomic mass is 16.5. The number of Topliss-reactive ketones (excluding diaryl/α,β-unsaturated/α-hetero) is 2. The maximum atomic E-state index is 14.1. The molecule has 0 radical (unpaired) electrons. The third kappa shape index (κ3) is 6.23. The summed E-state index contributed by atoms with van der Waals surface area (Å²) in [5, 5.41) is 57.8. The predicted octanol–water partition coefficient (Wildman–Crippen LogP) is 9.04. The minimum absolute atomic E-state index is 0.0227. The number of carbonyl (C=O) groups excluding carboxylic acids is 2. The number of anilines is 2. The van der Waals surface area contributed by atoms with E-state index in [1.54, 1.807) is 42.4 Å². The molecule has 0 spiro atoms. The molecule has 0 atom stereocenters. The fourth-order valence-corrected chi connectivity index (χ4v) is 7.46. The molecule has 2 aliphatic rings. The van der Waals surface area contributed by atoms with E-state index in [1.165, 1.54) is 37.6 Å². The van der Waals surface area contributed by atoms with E-state index in [2.05, 4.69) is 5.32 Å². The van der Waals surface area contributed by atoms with E-state index in [4.69, 9.17) is 4.74 Å². The molecule has 10 heteroatoms. The number of benzene rings is 4. The number of hydrogen-bond acceptors (Lipinski definition) is 10. The number of aliphatic hydroxyl groups excluding tert-OH is 2. The Morgan fingerprint density at radius 3 is 1.67 bits per heavy atom. The molecule has 0 aromatic heterocycles. The summed E-state index contributed by atoms with van der Waals surface area (Å²) in [6, 6.07) is 16.4. The maximum absolute atomic E-state index is 14.1. The van der Waals surface area contributed by atoms with Gasteiger partial charge in [0.1, 0.15) is 23.0 Å². The Kier molecular flexibility index (Phi) is 9.81. The molecule has 0 amide bonds. The summed E-state index contributed by atoms with van der Waals surface area (Å²) in [7, 11) is 3.23. The van der Waals surface area contributed by atoms with Crippen LogP contribution >= 0.6 is 0 Å². The quantitative estimate of drug-likeness (QED) is 0.0763. The van der Waals surface area contributed by atoms with Crippen molar-refractivity contribution in [2.75, 3.05) is 24.4 Å². The Labute approximate surface area is 314 Å². The van der Waals surface area contributed by atoms with Gasteiger partial charge in [0, 0.05) is 64.2 Å². The van der Waals surface area contributed by atoms with Crippen molar-refractivity contribution in [1.29, 1.82) is 0 Å². The first-order chi connectivity index (χ1) is 25.6. The SMILES string of the molecule is COc1c2c(cc(C)c1-c1c(C)cc3c(c1O)/C(=C/Nc1ccc(O)cc1)C(=O)C(O)=C3C(C)C)C(C(C)C)=C(O)C(=O)/C2=C/N(C)c1ccc(O)cc1. The lowest BCUT2D eigenvalue weighted by atomic mass is 9.75. The highest BCUT2D eigenvalue weighted by molar-refractivity contribution is 6.35. The van der Waals surface area contributed by atoms with Crippen LogP contribution in [-0.2, 0) is 9.59 Å². The largest absolute Gasteiger partial charge is 0.508 e. The Morgan fingerprint density at radius 2 is 1.15 bits per heavy atom. The molecule has 0 aliphatic heterocycles. The number of hydrogen-bond donors (Lipinski definition) is 6. The summed E-state index contributed by atoms with van der Waals surface area (Å²) < 4.78 is 6.19. The van der Waals surface area contributed by atoms with Crippen molar-refractivity contribution < 1.29 is 39.9 Å². The minimum atomic E-state index is -0.674. The first kappa shape index (κ1) is 37.3. The van der Waals surface area contributed by atoms with E-state index in [9.17, 15) is 35.1 Å². The maximum Gasteiger partial charge on any atom is 0.229 e. The van der Waals surface area contributed by atoms with E-state index in [1.807, 2.05) is 53.7 Å². The number of phenolic OH excluding ortho intramolecular Hbond substituents is 3. The zero-order chi connectivity index (χ0) is 39.3. The molecule has 6 N–H and O–H groups in total. The topological polar surface area (TPSA) is 160 Å². The number of carbonyl (C=O) groups is 2. The van der Waals surface area contributed by atoms with Crippen molar-refractivity contribution in [3.63, 3.8) is 0 Å². The molecule has 54 heavy (non-hydrogen) atoms. The van der Waals surface area contributed by atoms with Crippen LogP contribution < -0.4 is 15.0 Å². The van der Waals surface area contributed by atoms with E-state index >= 15 is 0 Å². The number of allylic oxidation sites excluding steroid dienone is 4. The predicted molar refractivity (Wildman–Crippen MR) is 213 cm³/mol. The average Bonchev–Trinajstić information content (AvgIpc) is 3.11. The molecule has 0 fully saturated rings. The van der Waals surface area contributed by atoms with Crippen LogP contribution in [0.4, 0.5) is 11.4 Å². The van der Waals surface area contributed by atoms with Crippen molar-refractivity contribution in [3.05, 3.63) is 118 Å². The van der Waals surface area contributed by atoms with Crippen LogP contribution in [0.25, 0.3) is 33.4 Å². The van der Waals surface area contributed by atoms with Crippen LogP contribution in [0.2, 0.25) is 0 Å². The van der Waals surface area contributed by atoms with Crippen LogP contribution in [0.3, 0.4) is 0 Å². The molecule has 6 rings (SSSR count). The van der Waals surface area contributed by atoms with E-state index in [0.29, 0.717) is 61.5 Å². The van der Waals surface area contributed by atoms with E-state index in [0.717, 1.165) is 0 Å². The van der Waals surface area contributed by atoms with Gasteiger partial charge in [0.15, 0.2) is 11.5 Å². The number of aryl methyl sites for hydroxylation is 2. The van der Waals surface area contributed by atoms with Crippen molar-refractivity contribution in [2.45, 2.75) is 41.5 Å².